The van der Waals surface area contributed by atoms with Crippen LogP contribution in [0.3, 0.4) is 0 Å². The fraction of sp³-hybridized carbons (Fsp3) is 0.278. The van der Waals surface area contributed by atoms with Gasteiger partial charge in [-0.3, -0.25) is 4.99 Å². The second kappa shape index (κ2) is 8.72. The predicted octanol–water partition coefficient (Wildman–Crippen LogP) is 2.74. The van der Waals surface area contributed by atoms with Crippen molar-refractivity contribution < 1.29 is 4.74 Å². The van der Waals surface area contributed by atoms with Crippen LogP contribution in [0.5, 0.6) is 5.75 Å². The molecule has 116 valence electrons. The van der Waals surface area contributed by atoms with Crippen molar-refractivity contribution in [3.05, 3.63) is 65.7 Å². The van der Waals surface area contributed by atoms with Gasteiger partial charge in [0.1, 0.15) is 12.4 Å². The Kier molecular flexibility index (Phi) is 6.30. The van der Waals surface area contributed by atoms with Crippen molar-refractivity contribution in [1.29, 1.82) is 0 Å². The molecule has 0 aliphatic carbocycles. The van der Waals surface area contributed by atoms with Crippen molar-refractivity contribution in [1.82, 2.24) is 10.6 Å². The van der Waals surface area contributed by atoms with Gasteiger partial charge in [0, 0.05) is 13.6 Å². The minimum absolute atomic E-state index is 0.594. The molecule has 2 N–H and O–H groups in total. The number of hydrogen-bond acceptors (Lipinski definition) is 2. The highest BCUT2D eigenvalue weighted by Gasteiger charge is 1.99. The van der Waals surface area contributed by atoms with Gasteiger partial charge in [0.15, 0.2) is 5.96 Å². The highest BCUT2D eigenvalue weighted by atomic mass is 16.5. The number of nitrogens with one attached hydrogen (secondary N) is 2. The Balaban J connectivity index is 1.70. The van der Waals surface area contributed by atoms with Crippen molar-refractivity contribution in [2.24, 2.45) is 4.99 Å². The van der Waals surface area contributed by atoms with Gasteiger partial charge in [-0.05, 0) is 24.1 Å². The summed E-state index contributed by atoms with van der Waals surface area (Å²) >= 11 is 0. The van der Waals surface area contributed by atoms with Crippen LogP contribution in [0.25, 0.3) is 0 Å². The molecular formula is C18H23N3O. The molecule has 0 bridgehead atoms. The summed E-state index contributed by atoms with van der Waals surface area (Å²) in [5.74, 6) is 1.70. The van der Waals surface area contributed by atoms with Crippen molar-refractivity contribution in [2.75, 3.05) is 20.2 Å². The van der Waals surface area contributed by atoms with Crippen LogP contribution < -0.4 is 15.4 Å². The van der Waals surface area contributed by atoms with E-state index in [1.165, 1.54) is 5.56 Å². The van der Waals surface area contributed by atoms with Gasteiger partial charge in [-0.2, -0.15) is 0 Å². The van der Waals surface area contributed by atoms with Crippen LogP contribution in [0.4, 0.5) is 0 Å². The monoisotopic (exact) mass is 297 g/mol. The number of benzene rings is 2. The zero-order valence-corrected chi connectivity index (χ0v) is 13.2. The van der Waals surface area contributed by atoms with Crippen LogP contribution in [-0.4, -0.2) is 26.2 Å². The first-order valence-corrected chi connectivity index (χ1v) is 7.46. The van der Waals surface area contributed by atoms with Gasteiger partial charge in [-0.25, -0.2) is 0 Å². The number of guanidine groups is 1. The molecule has 0 atom stereocenters. The fourth-order valence-corrected chi connectivity index (χ4v) is 2.05. The van der Waals surface area contributed by atoms with Gasteiger partial charge < -0.3 is 15.4 Å². The van der Waals surface area contributed by atoms with Crippen LogP contribution in [0.1, 0.15) is 11.1 Å². The first-order valence-electron chi connectivity index (χ1n) is 7.46. The lowest BCUT2D eigenvalue weighted by atomic mass is 10.2. The third-order valence-corrected chi connectivity index (χ3v) is 3.27. The van der Waals surface area contributed by atoms with Crippen LogP contribution in [0.2, 0.25) is 0 Å². The first kappa shape index (κ1) is 15.9. The maximum Gasteiger partial charge on any atom is 0.191 e. The molecule has 0 amide bonds. The molecular weight excluding hydrogens is 274 g/mol. The van der Waals surface area contributed by atoms with Gasteiger partial charge in [-0.15, -0.1) is 0 Å². The summed E-state index contributed by atoms with van der Waals surface area (Å²) in [7, 11) is 1.77. The summed E-state index contributed by atoms with van der Waals surface area (Å²) in [6.45, 7) is 4.09. The third kappa shape index (κ3) is 5.13. The van der Waals surface area contributed by atoms with Crippen molar-refractivity contribution in [3.8, 4) is 5.75 Å². The summed E-state index contributed by atoms with van der Waals surface area (Å²) < 4.78 is 5.75. The van der Waals surface area contributed by atoms with Crippen molar-refractivity contribution >= 4 is 5.96 Å². The fourth-order valence-electron chi connectivity index (χ4n) is 2.05. The van der Waals surface area contributed by atoms with E-state index in [0.717, 1.165) is 23.8 Å². The second-order valence-corrected chi connectivity index (χ2v) is 4.95. The largest absolute Gasteiger partial charge is 0.491 e. The van der Waals surface area contributed by atoms with E-state index in [1.54, 1.807) is 7.05 Å². The smallest absolute Gasteiger partial charge is 0.191 e. The number of para-hydroxylation sites is 1. The standard InChI is InChI=1S/C18H23N3O/c1-15-8-6-7-11-17(15)22-13-12-20-18(19-2)21-14-16-9-4-3-5-10-16/h3-11H,12-14H2,1-2H3,(H2,19,20,21). The van der Waals surface area contributed by atoms with Crippen LogP contribution in [-0.2, 0) is 6.54 Å². The number of nitrogens with zero attached hydrogens (tertiary/aromatic N) is 1. The maximum absolute atomic E-state index is 5.75. The molecule has 22 heavy (non-hydrogen) atoms. The van der Waals surface area contributed by atoms with E-state index in [0.29, 0.717) is 13.2 Å². The molecule has 0 aromatic heterocycles. The van der Waals surface area contributed by atoms with Crippen LogP contribution >= 0.6 is 0 Å². The molecule has 0 saturated heterocycles. The van der Waals surface area contributed by atoms with Gasteiger partial charge in [0.2, 0.25) is 0 Å². The summed E-state index contributed by atoms with van der Waals surface area (Å²) in [5.41, 5.74) is 2.37. The van der Waals surface area contributed by atoms with E-state index in [1.807, 2.05) is 49.4 Å². The summed E-state index contributed by atoms with van der Waals surface area (Å²) in [6, 6.07) is 18.3. The zero-order chi connectivity index (χ0) is 15.6. The Morgan fingerprint density at radius 3 is 2.45 bits per heavy atom. The molecule has 0 spiro atoms. The quantitative estimate of drug-likeness (QED) is 0.489. The minimum atomic E-state index is 0.594. The molecule has 2 aromatic carbocycles. The Morgan fingerprint density at radius 2 is 1.73 bits per heavy atom. The molecule has 2 rings (SSSR count). The van der Waals surface area contributed by atoms with E-state index >= 15 is 0 Å². The Hall–Kier alpha value is -2.49. The molecule has 0 radical (unpaired) electrons. The average Bonchev–Trinajstić information content (AvgIpc) is 2.56. The van der Waals surface area contributed by atoms with Crippen LogP contribution in [0, 0.1) is 6.92 Å². The highest BCUT2D eigenvalue weighted by molar-refractivity contribution is 5.79. The van der Waals surface area contributed by atoms with Gasteiger partial charge >= 0.3 is 0 Å². The maximum atomic E-state index is 5.75. The lowest BCUT2D eigenvalue weighted by molar-refractivity contribution is 0.320. The van der Waals surface area contributed by atoms with E-state index in [-0.39, 0.29) is 0 Å². The van der Waals surface area contributed by atoms with E-state index in [2.05, 4.69) is 27.8 Å². The molecule has 0 aliphatic rings. The van der Waals surface area contributed by atoms with E-state index in [9.17, 15) is 0 Å². The van der Waals surface area contributed by atoms with Crippen molar-refractivity contribution in [3.63, 3.8) is 0 Å². The van der Waals surface area contributed by atoms with E-state index in [4.69, 9.17) is 4.74 Å². The molecule has 2 aromatic rings. The molecule has 0 heterocycles. The number of hydrogen-bond donors (Lipinski definition) is 2. The Morgan fingerprint density at radius 1 is 1.00 bits per heavy atom. The lowest BCUT2D eigenvalue weighted by Gasteiger charge is -2.13. The van der Waals surface area contributed by atoms with E-state index < -0.39 is 0 Å². The average molecular weight is 297 g/mol. The number of ether oxygens (including phenoxy) is 1. The minimum Gasteiger partial charge on any atom is -0.491 e. The van der Waals surface area contributed by atoms with Gasteiger partial charge in [0.05, 0.1) is 6.54 Å². The third-order valence-electron chi connectivity index (χ3n) is 3.27. The van der Waals surface area contributed by atoms with Crippen LogP contribution in [0.15, 0.2) is 59.6 Å². The predicted molar refractivity (Wildman–Crippen MR) is 91.3 cm³/mol. The number of aryl methyl sites for hydroxylation is 1. The van der Waals surface area contributed by atoms with Gasteiger partial charge in [0.25, 0.3) is 0 Å². The molecule has 0 saturated carbocycles. The van der Waals surface area contributed by atoms with Crippen molar-refractivity contribution in [2.45, 2.75) is 13.5 Å². The molecule has 0 aliphatic heterocycles. The normalized spacial score (nSPS) is 11.1. The lowest BCUT2D eigenvalue weighted by Crippen LogP contribution is -2.38. The number of rotatable bonds is 6. The first-order chi connectivity index (χ1) is 10.8. The highest BCUT2D eigenvalue weighted by Crippen LogP contribution is 2.15. The molecule has 4 nitrogen and oxygen atoms in total. The summed E-state index contributed by atoms with van der Waals surface area (Å²) in [5, 5.41) is 6.52. The number of aliphatic imine (C=N–C) groups is 1. The molecule has 0 unspecified atom stereocenters. The topological polar surface area (TPSA) is 45.7 Å². The molecule has 4 heteroatoms. The summed E-state index contributed by atoms with van der Waals surface area (Å²) in [6.07, 6.45) is 0. The zero-order valence-electron chi connectivity index (χ0n) is 13.2. The molecule has 0 fully saturated rings. The Bertz CT molecular complexity index is 596. The summed E-state index contributed by atoms with van der Waals surface area (Å²) in [4.78, 5) is 4.20. The Labute approximate surface area is 132 Å². The van der Waals surface area contributed by atoms with Gasteiger partial charge in [-0.1, -0.05) is 48.5 Å². The second-order valence-electron chi connectivity index (χ2n) is 4.95. The SMILES string of the molecule is CN=C(NCCOc1ccccc1C)NCc1ccccc1.